The fourth-order valence-electron chi connectivity index (χ4n) is 5.25. The number of rotatable bonds is 8. The molecular formula is C29H33FN8O3. The molecule has 214 valence electrons. The number of likely N-dealkylation sites (N-methyl/N-ethyl adjacent to an activating group) is 1. The average Bonchev–Trinajstić information content (AvgIpc) is 3.20. The molecule has 2 aromatic carbocycles. The Kier molecular flexibility index (Phi) is 7.50. The van der Waals surface area contributed by atoms with Crippen molar-refractivity contribution in [1.82, 2.24) is 19.4 Å². The third-order valence-electron chi connectivity index (χ3n) is 7.04. The molecule has 11 nitrogen and oxygen atoms in total. The van der Waals surface area contributed by atoms with Crippen LogP contribution in [0, 0.1) is 12.7 Å². The molecule has 0 unspecified atom stereocenters. The summed E-state index contributed by atoms with van der Waals surface area (Å²) in [6.07, 6.45) is 3.59. The van der Waals surface area contributed by atoms with E-state index in [1.165, 1.54) is 12.1 Å². The van der Waals surface area contributed by atoms with Gasteiger partial charge in [-0.05, 0) is 69.3 Å². The summed E-state index contributed by atoms with van der Waals surface area (Å²) < 4.78 is 22.1. The number of aromatic nitrogens is 3. The van der Waals surface area contributed by atoms with Crippen LogP contribution in [-0.4, -0.2) is 65.5 Å². The van der Waals surface area contributed by atoms with Crippen LogP contribution in [0.4, 0.5) is 33.2 Å². The second-order valence-corrected chi connectivity index (χ2v) is 10.4. The summed E-state index contributed by atoms with van der Waals surface area (Å²) in [7, 11) is 7.17. The van der Waals surface area contributed by atoms with Crippen molar-refractivity contribution in [1.29, 1.82) is 0 Å². The van der Waals surface area contributed by atoms with Gasteiger partial charge in [0, 0.05) is 25.5 Å². The Morgan fingerprint density at radius 2 is 1.95 bits per heavy atom. The molecule has 0 saturated heterocycles. The van der Waals surface area contributed by atoms with Gasteiger partial charge < -0.3 is 35.5 Å². The zero-order valence-corrected chi connectivity index (χ0v) is 23.7. The number of nitrogens with one attached hydrogen (secondary N) is 2. The van der Waals surface area contributed by atoms with Crippen LogP contribution in [0.1, 0.15) is 27.9 Å². The summed E-state index contributed by atoms with van der Waals surface area (Å²) in [4.78, 5) is 38.2. The summed E-state index contributed by atoms with van der Waals surface area (Å²) in [6, 6.07) is 8.05. The van der Waals surface area contributed by atoms with E-state index in [1.54, 1.807) is 18.1 Å². The van der Waals surface area contributed by atoms with Crippen molar-refractivity contribution in [2.45, 2.75) is 19.8 Å². The zero-order chi connectivity index (χ0) is 29.4. The first-order chi connectivity index (χ1) is 19.6. The summed E-state index contributed by atoms with van der Waals surface area (Å²) in [5, 5.41) is 7.07. The van der Waals surface area contributed by atoms with Crippen LogP contribution in [0.25, 0.3) is 11.0 Å². The van der Waals surface area contributed by atoms with Crippen LogP contribution in [0.2, 0.25) is 0 Å². The molecule has 0 aliphatic carbocycles. The minimum Gasteiger partial charge on any atom is -0.495 e. The molecule has 0 atom stereocenters. The molecule has 0 fully saturated rings. The van der Waals surface area contributed by atoms with E-state index in [4.69, 9.17) is 20.4 Å². The Morgan fingerprint density at radius 1 is 1.17 bits per heavy atom. The van der Waals surface area contributed by atoms with Gasteiger partial charge in [-0.2, -0.15) is 9.97 Å². The number of carbonyl (C=O) groups excluding carboxylic acids is 2. The van der Waals surface area contributed by atoms with Crippen molar-refractivity contribution < 1.29 is 18.7 Å². The van der Waals surface area contributed by atoms with E-state index in [2.05, 4.69) is 10.6 Å². The van der Waals surface area contributed by atoms with E-state index in [-0.39, 0.29) is 23.1 Å². The van der Waals surface area contributed by atoms with Crippen molar-refractivity contribution in [3.63, 3.8) is 0 Å². The number of methoxy groups -OCH3 is 1. The van der Waals surface area contributed by atoms with E-state index < -0.39 is 11.7 Å². The molecule has 41 heavy (non-hydrogen) atoms. The third kappa shape index (κ3) is 5.38. The fourth-order valence-corrected chi connectivity index (χ4v) is 5.25. The lowest BCUT2D eigenvalue weighted by molar-refractivity contribution is -0.119. The topological polar surface area (TPSA) is 131 Å². The Hall–Kier alpha value is -4.71. The first kappa shape index (κ1) is 27.8. The predicted octanol–water partition coefficient (Wildman–Crippen LogP) is 3.85. The lowest BCUT2D eigenvalue weighted by Crippen LogP contribution is -2.40. The van der Waals surface area contributed by atoms with Crippen LogP contribution in [-0.2, 0) is 18.3 Å². The number of fused-ring (bicyclic) bond motifs is 2. The molecule has 4 aromatic rings. The third-order valence-corrected chi connectivity index (χ3v) is 7.04. The maximum atomic E-state index is 14.5. The number of hydrogen-bond donors (Lipinski definition) is 3. The van der Waals surface area contributed by atoms with E-state index in [9.17, 15) is 14.0 Å². The molecule has 0 radical (unpaired) electrons. The molecule has 2 amide bonds. The first-order valence-electron chi connectivity index (χ1n) is 13.2. The number of benzene rings is 2. The highest BCUT2D eigenvalue weighted by Gasteiger charge is 2.26. The van der Waals surface area contributed by atoms with Gasteiger partial charge in [0.1, 0.15) is 23.0 Å². The largest absolute Gasteiger partial charge is 0.495 e. The Morgan fingerprint density at radius 3 is 2.66 bits per heavy atom. The quantitative estimate of drug-likeness (QED) is 0.296. The van der Waals surface area contributed by atoms with Gasteiger partial charge in [-0.25, -0.2) is 4.39 Å². The normalized spacial score (nSPS) is 12.9. The van der Waals surface area contributed by atoms with Crippen LogP contribution in [0.5, 0.6) is 5.75 Å². The fraction of sp³-hybridized carbons (Fsp3) is 0.310. The second-order valence-electron chi connectivity index (χ2n) is 10.4. The molecule has 3 heterocycles. The van der Waals surface area contributed by atoms with Crippen molar-refractivity contribution >= 4 is 51.7 Å². The SMILES string of the molecule is COc1cc2c(cc1Nc1nc(Nc3cccc(F)c3C(N)=O)c3c(C)cn(C)c3n1)N(C(=O)CN(C)C)CCC2. The number of nitrogens with zero attached hydrogens (tertiary/aromatic N) is 5. The molecule has 1 aliphatic heterocycles. The molecule has 5 rings (SSSR count). The highest BCUT2D eigenvalue weighted by molar-refractivity contribution is 6.01. The van der Waals surface area contributed by atoms with Gasteiger partial charge in [0.2, 0.25) is 11.9 Å². The molecule has 4 N–H and O–H groups in total. The Balaban J connectivity index is 1.59. The lowest BCUT2D eigenvalue weighted by Gasteiger charge is -2.31. The van der Waals surface area contributed by atoms with Crippen LogP contribution in [0.15, 0.2) is 36.5 Å². The van der Waals surface area contributed by atoms with Crippen LogP contribution in [0.3, 0.4) is 0 Å². The number of ether oxygens (including phenoxy) is 1. The number of hydrogen-bond acceptors (Lipinski definition) is 8. The van der Waals surface area contributed by atoms with Gasteiger partial charge in [-0.1, -0.05) is 6.07 Å². The molecule has 1 aliphatic rings. The van der Waals surface area contributed by atoms with E-state index in [1.807, 2.05) is 55.9 Å². The lowest BCUT2D eigenvalue weighted by atomic mass is 10.00. The standard InChI is InChI=1S/C29H33FN8O3/c1-16-14-37(4)28-24(16)27(32-19-10-6-9-18(30)25(19)26(31)40)34-29(35-28)33-20-13-21-17(12-22(20)41-5)8-7-11-38(21)23(39)15-36(2)3/h6,9-10,12-14H,7-8,11,15H2,1-5H3,(H2,31,40)(H2,32,33,34,35). The summed E-state index contributed by atoms with van der Waals surface area (Å²) in [6.45, 7) is 2.83. The number of primary amides is 1. The smallest absolute Gasteiger partial charge is 0.253 e. The molecule has 0 saturated carbocycles. The molecule has 0 spiro atoms. The number of aryl methyl sites for hydroxylation is 3. The summed E-state index contributed by atoms with van der Waals surface area (Å²) in [5.41, 5.74) is 9.31. The summed E-state index contributed by atoms with van der Waals surface area (Å²) >= 11 is 0. The molecule has 2 aromatic heterocycles. The van der Waals surface area contributed by atoms with E-state index >= 15 is 0 Å². The Bertz CT molecular complexity index is 1670. The number of nitrogens with two attached hydrogens (primary N) is 1. The number of amides is 2. The van der Waals surface area contributed by atoms with Crippen molar-refractivity contribution in [3.05, 3.63) is 59.0 Å². The second kappa shape index (κ2) is 11.0. The number of halogens is 1. The van der Waals surface area contributed by atoms with Gasteiger partial charge in [-0.15, -0.1) is 0 Å². The highest BCUT2D eigenvalue weighted by Crippen LogP contribution is 2.39. The van der Waals surface area contributed by atoms with Gasteiger partial charge in [0.25, 0.3) is 5.91 Å². The molecule has 0 bridgehead atoms. The van der Waals surface area contributed by atoms with Crippen molar-refractivity contribution in [2.24, 2.45) is 12.8 Å². The van der Waals surface area contributed by atoms with Crippen LogP contribution >= 0.6 is 0 Å². The summed E-state index contributed by atoms with van der Waals surface area (Å²) in [5.74, 6) is -0.444. The predicted molar refractivity (Wildman–Crippen MR) is 157 cm³/mol. The van der Waals surface area contributed by atoms with Gasteiger partial charge >= 0.3 is 0 Å². The van der Waals surface area contributed by atoms with Gasteiger partial charge in [-0.3, -0.25) is 9.59 Å². The minimum absolute atomic E-state index is 0.0101. The monoisotopic (exact) mass is 560 g/mol. The molecular weight excluding hydrogens is 527 g/mol. The first-order valence-corrected chi connectivity index (χ1v) is 13.2. The molecule has 12 heteroatoms. The number of anilines is 5. The minimum atomic E-state index is -0.897. The van der Waals surface area contributed by atoms with Gasteiger partial charge in [0.15, 0.2) is 0 Å². The van der Waals surface area contributed by atoms with E-state index in [0.717, 1.165) is 29.7 Å². The maximum Gasteiger partial charge on any atom is 0.253 e. The van der Waals surface area contributed by atoms with Crippen LogP contribution < -0.4 is 26.0 Å². The Labute approximate surface area is 237 Å². The maximum absolute atomic E-state index is 14.5. The zero-order valence-electron chi connectivity index (χ0n) is 23.7. The van der Waals surface area contributed by atoms with E-state index in [0.29, 0.717) is 41.4 Å². The number of carbonyl (C=O) groups is 2. The van der Waals surface area contributed by atoms with Gasteiger partial charge in [0.05, 0.1) is 36.0 Å². The highest BCUT2D eigenvalue weighted by atomic mass is 19.1. The average molecular weight is 561 g/mol. The van der Waals surface area contributed by atoms with Crippen molar-refractivity contribution in [2.75, 3.05) is 49.8 Å². The van der Waals surface area contributed by atoms with Crippen molar-refractivity contribution in [3.8, 4) is 5.75 Å².